The number of nitrogens with one attached hydrogen (secondary N) is 1. The number of aromatic nitrogens is 2. The first kappa shape index (κ1) is 14.6. The molecule has 1 fully saturated rings. The highest BCUT2D eigenvalue weighted by molar-refractivity contribution is 8.00. The highest BCUT2D eigenvalue weighted by Gasteiger charge is 2.12. The summed E-state index contributed by atoms with van der Waals surface area (Å²) in [5.74, 6) is 0.535. The van der Waals surface area contributed by atoms with Crippen molar-refractivity contribution in [1.82, 2.24) is 15.5 Å². The minimum Gasteiger partial charge on any atom is -0.370 e. The lowest BCUT2D eigenvalue weighted by Gasteiger charge is -2.16. The van der Waals surface area contributed by atoms with Crippen molar-refractivity contribution in [2.24, 2.45) is 10.7 Å². The van der Waals surface area contributed by atoms with Crippen LogP contribution in [0.4, 0.5) is 0 Å². The molecule has 3 N–H and O–H groups in total. The molecular weight excluding hydrogens is 278 g/mol. The van der Waals surface area contributed by atoms with Gasteiger partial charge in [-0.05, 0) is 19.1 Å². The Morgan fingerprint density at radius 2 is 2.11 bits per heavy atom. The van der Waals surface area contributed by atoms with Crippen LogP contribution in [0.5, 0.6) is 0 Å². The number of rotatable bonds is 4. The van der Waals surface area contributed by atoms with E-state index >= 15 is 0 Å². The molecule has 19 heavy (non-hydrogen) atoms. The number of hydrogen-bond acceptors (Lipinski definition) is 5. The van der Waals surface area contributed by atoms with Crippen LogP contribution in [-0.4, -0.2) is 28.5 Å². The Hall–Kier alpha value is -0.820. The molecule has 0 atom stereocenters. The molecule has 1 aromatic heterocycles. The molecule has 1 heterocycles. The molecule has 1 aliphatic rings. The molecule has 5 nitrogen and oxygen atoms in total. The molecule has 0 spiro atoms. The first-order valence-electron chi connectivity index (χ1n) is 6.71. The fourth-order valence-corrected chi connectivity index (χ4v) is 3.45. The van der Waals surface area contributed by atoms with Crippen LogP contribution < -0.4 is 11.1 Å². The van der Waals surface area contributed by atoms with Gasteiger partial charge >= 0.3 is 0 Å². The van der Waals surface area contributed by atoms with Crippen molar-refractivity contribution in [3.05, 3.63) is 5.01 Å². The second-order valence-electron chi connectivity index (χ2n) is 4.70. The highest BCUT2D eigenvalue weighted by atomic mass is 32.2. The SMILES string of the molecule is CSc1nnc(CN=C(N)NC2CCCCCC2)s1. The van der Waals surface area contributed by atoms with Crippen molar-refractivity contribution >= 4 is 29.1 Å². The molecule has 0 aliphatic heterocycles. The summed E-state index contributed by atoms with van der Waals surface area (Å²) in [5.41, 5.74) is 5.93. The molecule has 0 radical (unpaired) electrons. The van der Waals surface area contributed by atoms with Gasteiger partial charge in [-0.15, -0.1) is 10.2 Å². The monoisotopic (exact) mass is 299 g/mol. The predicted octanol–water partition coefficient (Wildman–Crippen LogP) is 2.39. The van der Waals surface area contributed by atoms with E-state index in [0.29, 0.717) is 18.5 Å². The Morgan fingerprint density at radius 3 is 2.74 bits per heavy atom. The van der Waals surface area contributed by atoms with Gasteiger partial charge in [0.15, 0.2) is 10.3 Å². The summed E-state index contributed by atoms with van der Waals surface area (Å²) in [7, 11) is 0. The molecule has 1 aromatic rings. The Labute approximate surface area is 122 Å². The van der Waals surface area contributed by atoms with E-state index in [2.05, 4.69) is 20.5 Å². The lowest BCUT2D eigenvalue weighted by molar-refractivity contribution is 0.530. The maximum atomic E-state index is 5.93. The van der Waals surface area contributed by atoms with Crippen molar-refractivity contribution in [2.75, 3.05) is 6.26 Å². The third kappa shape index (κ3) is 4.99. The molecule has 1 saturated carbocycles. The maximum Gasteiger partial charge on any atom is 0.189 e. The predicted molar refractivity (Wildman–Crippen MR) is 81.6 cm³/mol. The Balaban J connectivity index is 1.81. The summed E-state index contributed by atoms with van der Waals surface area (Å²) < 4.78 is 0.973. The average molecular weight is 299 g/mol. The normalized spacial score (nSPS) is 18.3. The van der Waals surface area contributed by atoms with Gasteiger partial charge in [0.1, 0.15) is 5.01 Å². The Kier molecular flexibility index (Phi) is 5.91. The summed E-state index contributed by atoms with van der Waals surface area (Å²) in [6.07, 6.45) is 9.67. The van der Waals surface area contributed by atoms with Crippen LogP contribution in [0.25, 0.3) is 0 Å². The van der Waals surface area contributed by atoms with Crippen LogP contribution in [0.3, 0.4) is 0 Å². The van der Waals surface area contributed by atoms with Crippen molar-refractivity contribution < 1.29 is 0 Å². The van der Waals surface area contributed by atoms with Crippen molar-refractivity contribution in [2.45, 2.75) is 55.5 Å². The Morgan fingerprint density at radius 1 is 1.37 bits per heavy atom. The molecule has 0 saturated heterocycles. The van der Waals surface area contributed by atoms with Gasteiger partial charge in [-0.3, -0.25) is 0 Å². The number of hydrogen-bond donors (Lipinski definition) is 2. The van der Waals surface area contributed by atoms with Crippen molar-refractivity contribution in [3.8, 4) is 0 Å². The van der Waals surface area contributed by atoms with Crippen molar-refractivity contribution in [3.63, 3.8) is 0 Å². The number of aliphatic imine (C=N–C) groups is 1. The van der Waals surface area contributed by atoms with Gasteiger partial charge < -0.3 is 11.1 Å². The van der Waals surface area contributed by atoms with Gasteiger partial charge in [-0.1, -0.05) is 48.8 Å². The van der Waals surface area contributed by atoms with E-state index in [4.69, 9.17) is 5.73 Å². The van der Waals surface area contributed by atoms with Crippen molar-refractivity contribution in [1.29, 1.82) is 0 Å². The van der Waals surface area contributed by atoms with E-state index in [1.165, 1.54) is 38.5 Å². The zero-order valence-electron chi connectivity index (χ0n) is 11.3. The molecule has 0 aromatic carbocycles. The van der Waals surface area contributed by atoms with E-state index in [9.17, 15) is 0 Å². The van der Waals surface area contributed by atoms with E-state index < -0.39 is 0 Å². The maximum absolute atomic E-state index is 5.93. The summed E-state index contributed by atoms with van der Waals surface area (Å²) in [6, 6.07) is 0.488. The van der Waals surface area contributed by atoms with E-state index in [1.54, 1.807) is 23.1 Å². The first-order valence-corrected chi connectivity index (χ1v) is 8.75. The number of guanidine groups is 1. The molecule has 0 bridgehead atoms. The van der Waals surface area contributed by atoms with Crippen LogP contribution in [0.1, 0.15) is 43.5 Å². The average Bonchev–Trinajstić information content (AvgIpc) is 2.73. The molecular formula is C12H21N5S2. The minimum atomic E-state index is 0.488. The van der Waals surface area contributed by atoms with Gasteiger partial charge in [0, 0.05) is 6.04 Å². The summed E-state index contributed by atoms with van der Waals surface area (Å²) in [6.45, 7) is 0.518. The van der Waals surface area contributed by atoms with Gasteiger partial charge in [-0.25, -0.2) is 4.99 Å². The lowest BCUT2D eigenvalue weighted by Crippen LogP contribution is -2.39. The van der Waals surface area contributed by atoms with Crippen LogP contribution in [0.15, 0.2) is 9.33 Å². The zero-order valence-corrected chi connectivity index (χ0v) is 12.9. The number of nitrogens with two attached hydrogens (primary N) is 1. The number of thioether (sulfide) groups is 1. The van der Waals surface area contributed by atoms with Crippen LogP contribution >= 0.6 is 23.1 Å². The third-order valence-electron chi connectivity index (χ3n) is 3.21. The van der Waals surface area contributed by atoms with Gasteiger partial charge in [0.2, 0.25) is 0 Å². The lowest BCUT2D eigenvalue weighted by atomic mass is 10.1. The van der Waals surface area contributed by atoms with E-state index in [1.807, 2.05) is 6.26 Å². The largest absolute Gasteiger partial charge is 0.370 e. The second-order valence-corrected chi connectivity index (χ2v) is 6.82. The second kappa shape index (κ2) is 7.69. The third-order valence-corrected chi connectivity index (χ3v) is 5.10. The smallest absolute Gasteiger partial charge is 0.189 e. The quantitative estimate of drug-likeness (QED) is 0.386. The molecule has 0 unspecified atom stereocenters. The van der Waals surface area contributed by atoms with E-state index in [0.717, 1.165) is 9.35 Å². The fraction of sp³-hybridized carbons (Fsp3) is 0.750. The fourth-order valence-electron chi connectivity index (χ4n) is 2.22. The molecule has 7 heteroatoms. The zero-order chi connectivity index (χ0) is 13.5. The summed E-state index contributed by atoms with van der Waals surface area (Å²) >= 11 is 3.18. The summed E-state index contributed by atoms with van der Waals surface area (Å²) in [4.78, 5) is 4.35. The molecule has 106 valence electrons. The van der Waals surface area contributed by atoms with Crippen LogP contribution in [-0.2, 0) is 6.54 Å². The molecule has 0 amide bonds. The topological polar surface area (TPSA) is 76.2 Å². The molecule has 1 aliphatic carbocycles. The minimum absolute atomic E-state index is 0.488. The Bertz CT molecular complexity index is 410. The number of nitrogens with zero attached hydrogens (tertiary/aromatic N) is 3. The first-order chi connectivity index (χ1) is 9.28. The van der Waals surface area contributed by atoms with Gasteiger partial charge in [0.05, 0.1) is 6.54 Å². The highest BCUT2D eigenvalue weighted by Crippen LogP contribution is 2.20. The van der Waals surface area contributed by atoms with Gasteiger partial charge in [0.25, 0.3) is 0 Å². The van der Waals surface area contributed by atoms with Crippen LogP contribution in [0, 0.1) is 0 Å². The molecule has 2 rings (SSSR count). The summed E-state index contributed by atoms with van der Waals surface area (Å²) in [5, 5.41) is 12.4. The standard InChI is InChI=1S/C12H21N5S2/c1-18-12-17-16-10(19-12)8-14-11(13)15-9-6-4-2-3-5-7-9/h9H,2-8H2,1H3,(H3,13,14,15). The van der Waals surface area contributed by atoms with Crippen LogP contribution in [0.2, 0.25) is 0 Å². The van der Waals surface area contributed by atoms with E-state index in [-0.39, 0.29) is 0 Å². The van der Waals surface area contributed by atoms with Gasteiger partial charge in [-0.2, -0.15) is 0 Å².